The van der Waals surface area contributed by atoms with Crippen molar-refractivity contribution in [1.82, 2.24) is 5.32 Å². The molecule has 1 aromatic rings. The Bertz CT molecular complexity index is 335. The summed E-state index contributed by atoms with van der Waals surface area (Å²) < 4.78 is 0. The van der Waals surface area contributed by atoms with Gasteiger partial charge in [-0.2, -0.15) is 0 Å². The molecule has 1 atom stereocenters. The Morgan fingerprint density at radius 2 is 2.11 bits per heavy atom. The first-order valence-corrected chi connectivity index (χ1v) is 6.44. The monoisotopic (exact) mass is 250 g/mol. The topological polar surface area (TPSA) is 75.4 Å². The van der Waals surface area contributed by atoms with Crippen molar-refractivity contribution >= 4 is 5.97 Å². The Labute approximate surface area is 108 Å². The van der Waals surface area contributed by atoms with Gasteiger partial charge in [0, 0.05) is 0 Å². The molecule has 18 heavy (non-hydrogen) atoms. The van der Waals surface area contributed by atoms with E-state index in [4.69, 9.17) is 10.8 Å². The van der Waals surface area contributed by atoms with Gasteiger partial charge in [-0.1, -0.05) is 30.3 Å². The van der Waals surface area contributed by atoms with Gasteiger partial charge in [0.2, 0.25) is 0 Å². The zero-order valence-electron chi connectivity index (χ0n) is 10.6. The highest BCUT2D eigenvalue weighted by Crippen LogP contribution is 2.03. The van der Waals surface area contributed by atoms with Gasteiger partial charge in [0.05, 0.1) is 0 Å². The van der Waals surface area contributed by atoms with Crippen LogP contribution in [0.3, 0.4) is 0 Å². The summed E-state index contributed by atoms with van der Waals surface area (Å²) in [5.74, 6) is -0.720. The zero-order chi connectivity index (χ0) is 13.2. The largest absolute Gasteiger partial charge is 0.480 e. The number of carbonyl (C=O) groups is 1. The van der Waals surface area contributed by atoms with Crippen LogP contribution in [0.25, 0.3) is 0 Å². The molecule has 0 saturated carbocycles. The number of hydrogen-bond acceptors (Lipinski definition) is 3. The SMILES string of the molecule is NCCCc1ccccc1.O=C(O)[C@@H]1CCCN1. The molecule has 100 valence electrons. The van der Waals surface area contributed by atoms with Crippen molar-refractivity contribution < 1.29 is 9.90 Å². The molecule has 1 aliphatic rings. The second-order valence-corrected chi connectivity index (χ2v) is 4.37. The number of rotatable bonds is 4. The number of benzene rings is 1. The first-order valence-electron chi connectivity index (χ1n) is 6.44. The van der Waals surface area contributed by atoms with Gasteiger partial charge in [-0.05, 0) is 44.3 Å². The van der Waals surface area contributed by atoms with Crippen molar-refractivity contribution in [2.45, 2.75) is 31.7 Å². The molecule has 1 saturated heterocycles. The van der Waals surface area contributed by atoms with E-state index in [0.717, 1.165) is 38.8 Å². The fourth-order valence-electron chi connectivity index (χ4n) is 1.85. The minimum absolute atomic E-state index is 0.269. The average Bonchev–Trinajstić information content (AvgIpc) is 2.92. The van der Waals surface area contributed by atoms with Crippen molar-refractivity contribution in [2.75, 3.05) is 13.1 Å². The van der Waals surface area contributed by atoms with Crippen LogP contribution in [0.15, 0.2) is 30.3 Å². The molecule has 2 rings (SSSR count). The molecule has 1 fully saturated rings. The molecule has 4 N–H and O–H groups in total. The molecule has 0 unspecified atom stereocenters. The van der Waals surface area contributed by atoms with Crippen molar-refractivity contribution in [2.24, 2.45) is 5.73 Å². The van der Waals surface area contributed by atoms with Gasteiger partial charge in [0.25, 0.3) is 0 Å². The van der Waals surface area contributed by atoms with Gasteiger partial charge in [0.1, 0.15) is 6.04 Å². The minimum Gasteiger partial charge on any atom is -0.480 e. The summed E-state index contributed by atoms with van der Waals surface area (Å²) in [6, 6.07) is 10.2. The van der Waals surface area contributed by atoms with Crippen LogP contribution in [-0.4, -0.2) is 30.2 Å². The zero-order valence-corrected chi connectivity index (χ0v) is 10.6. The van der Waals surface area contributed by atoms with Crippen LogP contribution in [-0.2, 0) is 11.2 Å². The molecule has 4 nitrogen and oxygen atoms in total. The third-order valence-electron chi connectivity index (χ3n) is 2.87. The molecular formula is C14H22N2O2. The predicted octanol–water partition coefficient (Wildman–Crippen LogP) is 1.40. The Morgan fingerprint density at radius 3 is 2.56 bits per heavy atom. The first kappa shape index (κ1) is 14.7. The van der Waals surface area contributed by atoms with Crippen molar-refractivity contribution in [3.05, 3.63) is 35.9 Å². The Balaban J connectivity index is 0.000000184. The van der Waals surface area contributed by atoms with E-state index in [1.165, 1.54) is 5.56 Å². The number of hydrogen-bond donors (Lipinski definition) is 3. The smallest absolute Gasteiger partial charge is 0.320 e. The van der Waals surface area contributed by atoms with E-state index in [2.05, 4.69) is 29.6 Å². The minimum atomic E-state index is -0.720. The molecule has 0 aromatic heterocycles. The number of aliphatic carboxylic acids is 1. The normalized spacial score (nSPS) is 17.9. The van der Waals surface area contributed by atoms with Gasteiger partial charge >= 0.3 is 5.97 Å². The van der Waals surface area contributed by atoms with Crippen LogP contribution in [0.5, 0.6) is 0 Å². The van der Waals surface area contributed by atoms with Crippen LogP contribution in [0.4, 0.5) is 0 Å². The standard InChI is InChI=1S/C9H13N.C5H9NO2/c10-8-4-7-9-5-2-1-3-6-9;7-5(8)4-2-1-3-6-4/h1-3,5-6H,4,7-8,10H2;4,6H,1-3H2,(H,7,8)/t;4-/m.0/s1. The molecule has 0 amide bonds. The van der Waals surface area contributed by atoms with E-state index in [1.807, 2.05) is 6.07 Å². The second kappa shape index (κ2) is 8.66. The summed E-state index contributed by atoms with van der Waals surface area (Å²) in [5, 5.41) is 11.2. The van der Waals surface area contributed by atoms with Gasteiger partial charge < -0.3 is 16.2 Å². The Kier molecular flexibility index (Phi) is 7.06. The van der Waals surface area contributed by atoms with E-state index in [9.17, 15) is 4.79 Å². The molecule has 1 aliphatic heterocycles. The number of carboxylic acid groups (broad SMARTS) is 1. The predicted molar refractivity (Wildman–Crippen MR) is 72.5 cm³/mol. The summed E-state index contributed by atoms with van der Waals surface area (Å²) in [5.41, 5.74) is 6.76. The third-order valence-corrected chi connectivity index (χ3v) is 2.87. The van der Waals surface area contributed by atoms with Crippen LogP contribution in [0.1, 0.15) is 24.8 Å². The number of nitrogens with one attached hydrogen (secondary N) is 1. The van der Waals surface area contributed by atoms with Crippen LogP contribution >= 0.6 is 0 Å². The lowest BCUT2D eigenvalue weighted by molar-refractivity contribution is -0.139. The number of nitrogens with two attached hydrogens (primary N) is 1. The summed E-state index contributed by atoms with van der Waals surface area (Å²) >= 11 is 0. The van der Waals surface area contributed by atoms with Gasteiger partial charge in [-0.25, -0.2) is 0 Å². The molecule has 1 aromatic carbocycles. The summed E-state index contributed by atoms with van der Waals surface area (Å²) in [6.07, 6.45) is 3.98. The summed E-state index contributed by atoms with van der Waals surface area (Å²) in [7, 11) is 0. The highest BCUT2D eigenvalue weighted by molar-refractivity contribution is 5.73. The van der Waals surface area contributed by atoms with E-state index < -0.39 is 5.97 Å². The fourth-order valence-corrected chi connectivity index (χ4v) is 1.85. The highest BCUT2D eigenvalue weighted by Gasteiger charge is 2.20. The Hall–Kier alpha value is -1.39. The molecule has 0 radical (unpaired) electrons. The Morgan fingerprint density at radius 1 is 1.39 bits per heavy atom. The molecule has 0 spiro atoms. The van der Waals surface area contributed by atoms with Gasteiger partial charge in [-0.15, -0.1) is 0 Å². The summed E-state index contributed by atoms with van der Waals surface area (Å²) in [4.78, 5) is 10.1. The lowest BCUT2D eigenvalue weighted by Crippen LogP contribution is -2.29. The lowest BCUT2D eigenvalue weighted by atomic mass is 10.1. The van der Waals surface area contributed by atoms with Gasteiger partial charge in [-0.3, -0.25) is 4.79 Å². The fraction of sp³-hybridized carbons (Fsp3) is 0.500. The highest BCUT2D eigenvalue weighted by atomic mass is 16.4. The van der Waals surface area contributed by atoms with Crippen molar-refractivity contribution in [1.29, 1.82) is 0 Å². The number of aryl methyl sites for hydroxylation is 1. The van der Waals surface area contributed by atoms with E-state index in [1.54, 1.807) is 0 Å². The number of carboxylic acids is 1. The van der Waals surface area contributed by atoms with Crippen LogP contribution in [0, 0.1) is 0 Å². The summed E-state index contributed by atoms with van der Waals surface area (Å²) in [6.45, 7) is 1.64. The maximum absolute atomic E-state index is 10.1. The van der Waals surface area contributed by atoms with Gasteiger partial charge in [0.15, 0.2) is 0 Å². The van der Waals surface area contributed by atoms with E-state index in [0.29, 0.717) is 0 Å². The maximum Gasteiger partial charge on any atom is 0.320 e. The molecular weight excluding hydrogens is 228 g/mol. The van der Waals surface area contributed by atoms with E-state index >= 15 is 0 Å². The molecule has 0 aliphatic carbocycles. The van der Waals surface area contributed by atoms with Crippen LogP contribution < -0.4 is 11.1 Å². The molecule has 1 heterocycles. The maximum atomic E-state index is 10.1. The second-order valence-electron chi connectivity index (χ2n) is 4.37. The molecule has 4 heteroatoms. The third kappa shape index (κ3) is 5.80. The van der Waals surface area contributed by atoms with Crippen LogP contribution in [0.2, 0.25) is 0 Å². The quantitative estimate of drug-likeness (QED) is 0.755. The average molecular weight is 250 g/mol. The first-order chi connectivity index (χ1) is 8.74. The van der Waals surface area contributed by atoms with Crippen molar-refractivity contribution in [3.63, 3.8) is 0 Å². The lowest BCUT2D eigenvalue weighted by Gasteiger charge is -1.99. The van der Waals surface area contributed by atoms with E-state index in [-0.39, 0.29) is 6.04 Å². The van der Waals surface area contributed by atoms with Crippen molar-refractivity contribution in [3.8, 4) is 0 Å². The molecule has 0 bridgehead atoms.